The summed E-state index contributed by atoms with van der Waals surface area (Å²) in [5, 5.41) is 3.15. The Morgan fingerprint density at radius 3 is 2.00 bits per heavy atom. The number of nitrogens with zero attached hydrogens (tertiary/aromatic N) is 1. The Morgan fingerprint density at radius 2 is 1.43 bits per heavy atom. The summed E-state index contributed by atoms with van der Waals surface area (Å²) in [5.41, 5.74) is 4.40. The minimum absolute atomic E-state index is 0.0102. The molecule has 3 aromatic rings. The van der Waals surface area contributed by atoms with E-state index in [1.54, 1.807) is 11.8 Å². The van der Waals surface area contributed by atoms with Gasteiger partial charge in [0.2, 0.25) is 5.91 Å². The Labute approximate surface area is 182 Å². The number of thioether (sulfide) groups is 1. The molecular formula is C25H26N2O2S. The topological polar surface area (TPSA) is 41.6 Å². The maximum atomic E-state index is 12.6. The summed E-state index contributed by atoms with van der Waals surface area (Å²) in [6, 6.07) is 28.7. The summed E-state index contributed by atoms with van der Waals surface area (Å²) in [6.45, 7) is 3.34. The van der Waals surface area contributed by atoms with Crippen LogP contribution in [0.3, 0.4) is 0 Å². The van der Waals surface area contributed by atoms with Crippen molar-refractivity contribution in [3.05, 3.63) is 96.1 Å². The van der Waals surface area contributed by atoms with E-state index >= 15 is 0 Å². The monoisotopic (exact) mass is 418 g/mol. The first-order valence-electron chi connectivity index (χ1n) is 10.2. The zero-order chi connectivity index (χ0) is 20.6. The van der Waals surface area contributed by atoms with Crippen molar-refractivity contribution in [1.29, 1.82) is 0 Å². The second-order valence-electron chi connectivity index (χ2n) is 7.21. The fraction of sp³-hybridized carbons (Fsp3) is 0.240. The maximum Gasteiger partial charge on any atom is 0.234 e. The van der Waals surface area contributed by atoms with E-state index < -0.39 is 0 Å². The summed E-state index contributed by atoms with van der Waals surface area (Å²) < 4.78 is 5.41. The molecule has 0 atom stereocenters. The number of ether oxygens (including phenoxy) is 1. The van der Waals surface area contributed by atoms with Crippen LogP contribution in [0.15, 0.2) is 84.9 Å². The zero-order valence-electron chi connectivity index (χ0n) is 16.9. The number of hydrogen-bond donors (Lipinski definition) is 1. The quantitative estimate of drug-likeness (QED) is 0.587. The van der Waals surface area contributed by atoms with E-state index in [4.69, 9.17) is 4.74 Å². The van der Waals surface area contributed by atoms with Gasteiger partial charge >= 0.3 is 0 Å². The van der Waals surface area contributed by atoms with Crippen LogP contribution in [0.4, 0.5) is 11.4 Å². The fourth-order valence-electron chi connectivity index (χ4n) is 3.57. The van der Waals surface area contributed by atoms with Gasteiger partial charge in [-0.2, -0.15) is 0 Å². The molecular weight excluding hydrogens is 392 g/mol. The average Bonchev–Trinajstić information content (AvgIpc) is 2.82. The first-order valence-corrected chi connectivity index (χ1v) is 11.3. The van der Waals surface area contributed by atoms with Crippen molar-refractivity contribution < 1.29 is 9.53 Å². The first kappa shape index (κ1) is 20.5. The van der Waals surface area contributed by atoms with Gasteiger partial charge in [0.1, 0.15) is 0 Å². The van der Waals surface area contributed by atoms with Crippen molar-refractivity contribution in [2.45, 2.75) is 5.25 Å². The molecule has 1 aliphatic heterocycles. The molecule has 1 saturated heterocycles. The van der Waals surface area contributed by atoms with Crippen LogP contribution in [0.5, 0.6) is 0 Å². The number of anilines is 2. The molecule has 1 aliphatic rings. The van der Waals surface area contributed by atoms with Gasteiger partial charge in [-0.05, 0) is 35.4 Å². The van der Waals surface area contributed by atoms with E-state index in [0.29, 0.717) is 5.75 Å². The number of carbonyl (C=O) groups is 1. The SMILES string of the molecule is O=C(CSC(c1ccccc1)c1ccccc1)Nc1ccc(N2CCOCC2)cc1. The molecule has 0 bridgehead atoms. The van der Waals surface area contributed by atoms with Gasteiger partial charge in [-0.3, -0.25) is 4.79 Å². The number of nitrogens with one attached hydrogen (secondary N) is 1. The molecule has 1 fully saturated rings. The molecule has 30 heavy (non-hydrogen) atoms. The smallest absolute Gasteiger partial charge is 0.234 e. The van der Waals surface area contributed by atoms with Crippen LogP contribution < -0.4 is 10.2 Å². The largest absolute Gasteiger partial charge is 0.378 e. The summed E-state index contributed by atoms with van der Waals surface area (Å²) in [6.07, 6.45) is 0. The average molecular weight is 419 g/mol. The Kier molecular flexibility index (Phi) is 7.06. The highest BCUT2D eigenvalue weighted by atomic mass is 32.2. The molecule has 3 aromatic carbocycles. The fourth-order valence-corrected chi connectivity index (χ4v) is 4.66. The molecule has 5 heteroatoms. The van der Waals surface area contributed by atoms with E-state index in [1.165, 1.54) is 16.8 Å². The lowest BCUT2D eigenvalue weighted by atomic mass is 10.0. The number of rotatable bonds is 7. The highest BCUT2D eigenvalue weighted by Gasteiger charge is 2.16. The molecule has 154 valence electrons. The van der Waals surface area contributed by atoms with Crippen LogP contribution in [0.25, 0.3) is 0 Å². The van der Waals surface area contributed by atoms with Gasteiger partial charge in [0, 0.05) is 24.5 Å². The Bertz CT molecular complexity index is 887. The van der Waals surface area contributed by atoms with Gasteiger partial charge in [-0.1, -0.05) is 60.7 Å². The molecule has 0 spiro atoms. The predicted octanol–water partition coefficient (Wildman–Crippen LogP) is 4.98. The third-order valence-electron chi connectivity index (χ3n) is 5.11. The Morgan fingerprint density at radius 1 is 0.867 bits per heavy atom. The molecule has 4 rings (SSSR count). The van der Waals surface area contributed by atoms with Crippen LogP contribution in [-0.2, 0) is 9.53 Å². The van der Waals surface area contributed by atoms with Crippen LogP contribution in [0.1, 0.15) is 16.4 Å². The number of amides is 1. The van der Waals surface area contributed by atoms with E-state index in [2.05, 4.69) is 46.6 Å². The molecule has 0 aromatic heterocycles. The van der Waals surface area contributed by atoms with Crippen molar-refractivity contribution in [3.8, 4) is 0 Å². The van der Waals surface area contributed by atoms with Crippen LogP contribution >= 0.6 is 11.8 Å². The number of hydrogen-bond acceptors (Lipinski definition) is 4. The van der Waals surface area contributed by atoms with E-state index in [-0.39, 0.29) is 11.2 Å². The van der Waals surface area contributed by atoms with E-state index in [1.807, 2.05) is 48.5 Å². The molecule has 1 heterocycles. The number of benzene rings is 3. The lowest BCUT2D eigenvalue weighted by molar-refractivity contribution is -0.113. The normalized spacial score (nSPS) is 14.0. The van der Waals surface area contributed by atoms with Gasteiger partial charge in [0.05, 0.1) is 24.2 Å². The van der Waals surface area contributed by atoms with E-state index in [0.717, 1.165) is 32.0 Å². The predicted molar refractivity (Wildman–Crippen MR) is 125 cm³/mol. The standard InChI is InChI=1S/C25H26N2O2S/c28-24(26-22-11-13-23(14-12-22)27-15-17-29-18-16-27)19-30-25(20-7-3-1-4-8-20)21-9-5-2-6-10-21/h1-14,25H,15-19H2,(H,26,28). The second kappa shape index (κ2) is 10.3. The first-order chi connectivity index (χ1) is 14.8. The highest BCUT2D eigenvalue weighted by Crippen LogP contribution is 2.35. The van der Waals surface area contributed by atoms with Crippen molar-refractivity contribution in [2.75, 3.05) is 42.3 Å². The third kappa shape index (κ3) is 5.43. The van der Waals surface area contributed by atoms with Gasteiger partial charge in [0.25, 0.3) is 0 Å². The summed E-state index contributed by atoms with van der Waals surface area (Å²) in [5.74, 6) is 0.399. The third-order valence-corrected chi connectivity index (χ3v) is 6.42. The highest BCUT2D eigenvalue weighted by molar-refractivity contribution is 8.00. The Balaban J connectivity index is 1.37. The van der Waals surface area contributed by atoms with Gasteiger partial charge < -0.3 is 15.0 Å². The lowest BCUT2D eigenvalue weighted by Gasteiger charge is -2.28. The molecule has 4 nitrogen and oxygen atoms in total. The van der Waals surface area contributed by atoms with Crippen molar-refractivity contribution in [2.24, 2.45) is 0 Å². The van der Waals surface area contributed by atoms with Crippen LogP contribution in [0, 0.1) is 0 Å². The molecule has 0 aliphatic carbocycles. The molecule has 0 radical (unpaired) electrons. The summed E-state index contributed by atoms with van der Waals surface area (Å²) in [4.78, 5) is 14.9. The van der Waals surface area contributed by atoms with E-state index in [9.17, 15) is 4.79 Å². The summed E-state index contributed by atoms with van der Waals surface area (Å²) in [7, 11) is 0. The second-order valence-corrected chi connectivity index (χ2v) is 8.30. The molecule has 1 N–H and O–H groups in total. The number of morpholine rings is 1. The Hall–Kier alpha value is -2.76. The maximum absolute atomic E-state index is 12.6. The van der Waals surface area contributed by atoms with Gasteiger partial charge in [0.15, 0.2) is 0 Å². The molecule has 0 unspecified atom stereocenters. The molecule has 0 saturated carbocycles. The zero-order valence-corrected chi connectivity index (χ0v) is 17.7. The minimum Gasteiger partial charge on any atom is -0.378 e. The van der Waals surface area contributed by atoms with Crippen LogP contribution in [-0.4, -0.2) is 38.0 Å². The minimum atomic E-state index is 0.0102. The lowest BCUT2D eigenvalue weighted by Crippen LogP contribution is -2.36. The molecule has 1 amide bonds. The van der Waals surface area contributed by atoms with Crippen molar-refractivity contribution in [1.82, 2.24) is 0 Å². The van der Waals surface area contributed by atoms with Crippen LogP contribution in [0.2, 0.25) is 0 Å². The van der Waals surface area contributed by atoms with Gasteiger partial charge in [-0.25, -0.2) is 0 Å². The summed E-state index contributed by atoms with van der Waals surface area (Å²) >= 11 is 1.65. The van der Waals surface area contributed by atoms with Crippen molar-refractivity contribution >= 4 is 29.0 Å². The number of carbonyl (C=O) groups excluding carboxylic acids is 1. The van der Waals surface area contributed by atoms with Crippen molar-refractivity contribution in [3.63, 3.8) is 0 Å². The van der Waals surface area contributed by atoms with Gasteiger partial charge in [-0.15, -0.1) is 11.8 Å².